The van der Waals surface area contributed by atoms with Crippen molar-refractivity contribution in [3.63, 3.8) is 0 Å². The first kappa shape index (κ1) is 20.4. The molecule has 148 valence electrons. The van der Waals surface area contributed by atoms with Crippen LogP contribution < -0.4 is 4.31 Å². The molecule has 3 aromatic carbocycles. The predicted molar refractivity (Wildman–Crippen MR) is 130 cm³/mol. The van der Waals surface area contributed by atoms with Gasteiger partial charge in [0.25, 0.3) is 10.0 Å². The molecule has 0 atom stereocenters. The molecule has 1 heterocycles. The SMILES string of the molecule is Cc1ccc(CN(c2sc3ccccc3c2C)S(=O)(=O)c2ccc(I)cc2)cc1. The Balaban J connectivity index is 1.87. The Morgan fingerprint density at radius 3 is 2.21 bits per heavy atom. The summed E-state index contributed by atoms with van der Waals surface area (Å²) < 4.78 is 31.0. The van der Waals surface area contributed by atoms with Crippen molar-refractivity contribution < 1.29 is 8.42 Å². The van der Waals surface area contributed by atoms with Crippen LogP contribution >= 0.6 is 33.9 Å². The third-order valence-corrected chi connectivity index (χ3v) is 8.78. The number of rotatable bonds is 5. The summed E-state index contributed by atoms with van der Waals surface area (Å²) in [5, 5.41) is 1.87. The number of hydrogen-bond acceptors (Lipinski definition) is 3. The van der Waals surface area contributed by atoms with Gasteiger partial charge in [0.2, 0.25) is 0 Å². The van der Waals surface area contributed by atoms with Crippen molar-refractivity contribution in [2.24, 2.45) is 0 Å². The molecule has 0 saturated carbocycles. The summed E-state index contributed by atoms with van der Waals surface area (Å²) in [6, 6.07) is 23.1. The number of aryl methyl sites for hydroxylation is 2. The van der Waals surface area contributed by atoms with Crippen LogP contribution in [0.25, 0.3) is 10.1 Å². The maximum absolute atomic E-state index is 13.7. The Kier molecular flexibility index (Phi) is 5.68. The minimum Gasteiger partial charge on any atom is -0.252 e. The van der Waals surface area contributed by atoms with E-state index in [2.05, 4.69) is 22.6 Å². The van der Waals surface area contributed by atoms with Gasteiger partial charge in [-0.2, -0.15) is 0 Å². The normalized spacial score (nSPS) is 11.7. The lowest BCUT2D eigenvalue weighted by Gasteiger charge is -2.24. The number of fused-ring (bicyclic) bond motifs is 1. The molecule has 0 aliphatic rings. The second-order valence-corrected chi connectivity index (χ2v) is 11.1. The molecule has 6 heteroatoms. The molecule has 3 nitrogen and oxygen atoms in total. The molecule has 0 radical (unpaired) electrons. The maximum Gasteiger partial charge on any atom is 0.265 e. The van der Waals surface area contributed by atoms with E-state index in [0.29, 0.717) is 11.4 Å². The number of hydrogen-bond donors (Lipinski definition) is 0. The first-order chi connectivity index (χ1) is 13.9. The summed E-state index contributed by atoms with van der Waals surface area (Å²) in [4.78, 5) is 0.307. The average molecular weight is 533 g/mol. The largest absolute Gasteiger partial charge is 0.265 e. The van der Waals surface area contributed by atoms with Gasteiger partial charge in [-0.1, -0.05) is 48.0 Å². The van der Waals surface area contributed by atoms with E-state index in [1.165, 1.54) is 11.3 Å². The summed E-state index contributed by atoms with van der Waals surface area (Å²) in [6.07, 6.45) is 0. The zero-order chi connectivity index (χ0) is 20.6. The van der Waals surface area contributed by atoms with Gasteiger partial charge in [-0.3, -0.25) is 4.31 Å². The summed E-state index contributed by atoms with van der Waals surface area (Å²) >= 11 is 3.71. The Bertz CT molecular complexity index is 1260. The van der Waals surface area contributed by atoms with Crippen LogP contribution in [0.1, 0.15) is 16.7 Å². The Morgan fingerprint density at radius 2 is 1.55 bits per heavy atom. The third-order valence-electron chi connectivity index (χ3n) is 4.89. The molecule has 0 spiro atoms. The molecular weight excluding hydrogens is 513 g/mol. The van der Waals surface area contributed by atoms with Crippen LogP contribution in [0.3, 0.4) is 0 Å². The van der Waals surface area contributed by atoms with Crippen molar-refractivity contribution in [1.82, 2.24) is 0 Å². The molecule has 0 amide bonds. The van der Waals surface area contributed by atoms with Gasteiger partial charge in [-0.05, 0) is 83.3 Å². The molecule has 0 fully saturated rings. The van der Waals surface area contributed by atoms with Gasteiger partial charge in [-0.15, -0.1) is 11.3 Å². The van der Waals surface area contributed by atoms with E-state index < -0.39 is 10.0 Å². The first-order valence-electron chi connectivity index (χ1n) is 9.18. The fourth-order valence-electron chi connectivity index (χ4n) is 3.26. The van der Waals surface area contributed by atoms with Gasteiger partial charge in [0.1, 0.15) is 5.00 Å². The molecular formula is C23H20INO2S2. The van der Waals surface area contributed by atoms with Gasteiger partial charge < -0.3 is 0 Å². The molecule has 29 heavy (non-hydrogen) atoms. The minimum absolute atomic E-state index is 0.294. The van der Waals surface area contributed by atoms with Crippen LogP contribution in [0.4, 0.5) is 5.00 Å². The number of benzene rings is 3. The van der Waals surface area contributed by atoms with Crippen molar-refractivity contribution in [1.29, 1.82) is 0 Å². The van der Waals surface area contributed by atoms with Gasteiger partial charge in [0, 0.05) is 8.27 Å². The molecule has 1 aromatic heterocycles. The fourth-order valence-corrected chi connectivity index (χ4v) is 6.55. The van der Waals surface area contributed by atoms with E-state index >= 15 is 0 Å². The molecule has 0 aliphatic heterocycles. The lowest BCUT2D eigenvalue weighted by atomic mass is 10.1. The van der Waals surface area contributed by atoms with E-state index in [1.807, 2.05) is 74.5 Å². The highest BCUT2D eigenvalue weighted by Gasteiger charge is 2.28. The number of sulfonamides is 1. The van der Waals surface area contributed by atoms with Crippen LogP contribution in [0.15, 0.2) is 77.7 Å². The van der Waals surface area contributed by atoms with Gasteiger partial charge in [0.05, 0.1) is 11.4 Å². The monoisotopic (exact) mass is 533 g/mol. The van der Waals surface area contributed by atoms with Crippen molar-refractivity contribution >= 4 is 59.0 Å². The Hall–Kier alpha value is -1.90. The van der Waals surface area contributed by atoms with Crippen molar-refractivity contribution in [3.05, 3.63) is 93.1 Å². The Morgan fingerprint density at radius 1 is 0.897 bits per heavy atom. The van der Waals surface area contributed by atoms with Gasteiger partial charge in [0.15, 0.2) is 0 Å². The third kappa shape index (κ3) is 4.06. The number of nitrogens with zero attached hydrogens (tertiary/aromatic N) is 1. The van der Waals surface area contributed by atoms with E-state index in [-0.39, 0.29) is 0 Å². The smallest absolute Gasteiger partial charge is 0.252 e. The van der Waals surface area contributed by atoms with Gasteiger partial charge in [-0.25, -0.2) is 8.42 Å². The van der Waals surface area contributed by atoms with Crippen molar-refractivity contribution in [3.8, 4) is 0 Å². The van der Waals surface area contributed by atoms with Crippen LogP contribution in [0.5, 0.6) is 0 Å². The first-order valence-corrected chi connectivity index (χ1v) is 12.5. The number of thiophene rings is 1. The zero-order valence-electron chi connectivity index (χ0n) is 16.1. The van der Waals surface area contributed by atoms with Gasteiger partial charge >= 0.3 is 0 Å². The predicted octanol–water partition coefficient (Wildman–Crippen LogP) is 6.52. The molecule has 0 N–H and O–H groups in total. The number of halogens is 1. The van der Waals surface area contributed by atoms with Crippen LogP contribution in [0.2, 0.25) is 0 Å². The Labute approximate surface area is 189 Å². The highest BCUT2D eigenvalue weighted by molar-refractivity contribution is 14.1. The van der Waals surface area contributed by atoms with Crippen LogP contribution in [0, 0.1) is 17.4 Å². The fraction of sp³-hybridized carbons (Fsp3) is 0.130. The lowest BCUT2D eigenvalue weighted by Crippen LogP contribution is -2.30. The summed E-state index contributed by atoms with van der Waals surface area (Å²) in [5.41, 5.74) is 3.10. The summed E-state index contributed by atoms with van der Waals surface area (Å²) in [6.45, 7) is 4.32. The quantitative estimate of drug-likeness (QED) is 0.274. The topological polar surface area (TPSA) is 37.4 Å². The average Bonchev–Trinajstić information content (AvgIpc) is 3.04. The molecule has 4 aromatic rings. The van der Waals surface area contributed by atoms with Crippen LogP contribution in [-0.2, 0) is 16.6 Å². The summed E-state index contributed by atoms with van der Waals surface area (Å²) in [7, 11) is -3.71. The summed E-state index contributed by atoms with van der Waals surface area (Å²) in [5.74, 6) is 0. The van der Waals surface area contributed by atoms with Crippen LogP contribution in [-0.4, -0.2) is 8.42 Å². The highest BCUT2D eigenvalue weighted by Crippen LogP contribution is 2.40. The lowest BCUT2D eigenvalue weighted by molar-refractivity contribution is 0.590. The molecule has 0 bridgehead atoms. The number of anilines is 1. The maximum atomic E-state index is 13.7. The zero-order valence-corrected chi connectivity index (χ0v) is 19.9. The molecule has 4 rings (SSSR count). The van der Waals surface area contributed by atoms with E-state index in [1.54, 1.807) is 16.4 Å². The second-order valence-electron chi connectivity index (χ2n) is 6.98. The second kappa shape index (κ2) is 8.08. The standard InChI is InChI=1S/C23H20INO2S2/c1-16-7-9-18(10-8-16)15-25(29(26,27)20-13-11-19(24)12-14-20)23-17(2)21-5-3-4-6-22(21)28-23/h3-14H,15H2,1-2H3. The highest BCUT2D eigenvalue weighted by atomic mass is 127. The molecule has 0 saturated heterocycles. The van der Waals surface area contributed by atoms with E-state index in [9.17, 15) is 8.42 Å². The van der Waals surface area contributed by atoms with E-state index in [0.717, 1.165) is 35.3 Å². The molecule has 0 unspecified atom stereocenters. The van der Waals surface area contributed by atoms with Crippen molar-refractivity contribution in [2.45, 2.75) is 25.3 Å². The molecule has 0 aliphatic carbocycles. The van der Waals surface area contributed by atoms with Crippen molar-refractivity contribution in [2.75, 3.05) is 4.31 Å². The minimum atomic E-state index is -3.71. The van der Waals surface area contributed by atoms with E-state index in [4.69, 9.17) is 0 Å².